The first-order valence-electron chi connectivity index (χ1n) is 9.00. The summed E-state index contributed by atoms with van der Waals surface area (Å²) in [6.45, 7) is 1.94. The minimum Gasteiger partial charge on any atom is -0.481 e. The van der Waals surface area contributed by atoms with E-state index in [-0.39, 0.29) is 18.0 Å². The van der Waals surface area contributed by atoms with Crippen molar-refractivity contribution < 1.29 is 14.7 Å². The molecule has 0 saturated carbocycles. The number of rotatable bonds is 3. The van der Waals surface area contributed by atoms with Gasteiger partial charge in [-0.3, -0.25) is 9.59 Å². The smallest absolute Gasteiger partial charge is 0.308 e. The fourth-order valence-corrected chi connectivity index (χ4v) is 4.37. The Morgan fingerprint density at radius 1 is 1.12 bits per heavy atom. The van der Waals surface area contributed by atoms with Crippen LogP contribution in [0.3, 0.4) is 0 Å². The van der Waals surface area contributed by atoms with Crippen LogP contribution in [0, 0.1) is 12.8 Å². The second-order valence-electron chi connectivity index (χ2n) is 7.15. The van der Waals surface area contributed by atoms with Gasteiger partial charge in [0.25, 0.3) is 5.91 Å². The Morgan fingerprint density at radius 2 is 1.85 bits per heavy atom. The number of aromatic nitrogens is 2. The van der Waals surface area contributed by atoms with Gasteiger partial charge in [-0.15, -0.1) is 0 Å². The normalized spacial score (nSPS) is 24.5. The summed E-state index contributed by atoms with van der Waals surface area (Å²) >= 11 is 0. The van der Waals surface area contributed by atoms with Gasteiger partial charge in [0.05, 0.1) is 11.5 Å². The molecule has 2 saturated heterocycles. The largest absolute Gasteiger partial charge is 0.481 e. The molecular weight excluding hydrogens is 330 g/mol. The molecule has 4 rings (SSSR count). The summed E-state index contributed by atoms with van der Waals surface area (Å²) in [4.78, 5) is 35.5. The summed E-state index contributed by atoms with van der Waals surface area (Å²) in [7, 11) is 0. The maximum absolute atomic E-state index is 13.5. The van der Waals surface area contributed by atoms with Gasteiger partial charge in [-0.1, -0.05) is 17.7 Å². The number of carbonyl (C=O) groups excluding carboxylic acids is 1. The SMILES string of the molecule is Cc1ccc(-c2ncccn2)c(C(=O)N2C3CCC(C(=O)O)C2CC3)c1. The number of hydrogen-bond donors (Lipinski definition) is 1. The third-order valence-corrected chi connectivity index (χ3v) is 5.59. The van der Waals surface area contributed by atoms with Gasteiger partial charge in [0, 0.05) is 30.0 Å². The third-order valence-electron chi connectivity index (χ3n) is 5.59. The number of carboxylic acids is 1. The molecule has 0 radical (unpaired) electrons. The first-order valence-corrected chi connectivity index (χ1v) is 9.00. The van der Waals surface area contributed by atoms with Gasteiger partial charge in [0.15, 0.2) is 5.82 Å². The van der Waals surface area contributed by atoms with Crippen molar-refractivity contribution in [2.45, 2.75) is 44.7 Å². The van der Waals surface area contributed by atoms with Crippen molar-refractivity contribution in [3.05, 3.63) is 47.8 Å². The maximum atomic E-state index is 13.5. The summed E-state index contributed by atoms with van der Waals surface area (Å²) < 4.78 is 0. The Balaban J connectivity index is 1.75. The van der Waals surface area contributed by atoms with Gasteiger partial charge < -0.3 is 10.0 Å². The topological polar surface area (TPSA) is 83.4 Å². The molecule has 2 bridgehead atoms. The standard InChI is InChI=1S/C20H21N3O3/c1-12-3-6-14(18-21-9-2-10-22-18)16(11-12)19(24)23-13-4-7-15(20(25)26)17(23)8-5-13/h2-3,6,9-11,13,15,17H,4-5,7-8H2,1H3,(H,25,26). The predicted molar refractivity (Wildman–Crippen MR) is 95.5 cm³/mol. The molecule has 1 aromatic carbocycles. The number of carboxylic acid groups (broad SMARTS) is 1. The van der Waals surface area contributed by atoms with Crippen LogP contribution in [0.25, 0.3) is 11.4 Å². The van der Waals surface area contributed by atoms with E-state index < -0.39 is 11.9 Å². The molecule has 0 spiro atoms. The molecule has 2 aromatic rings. The zero-order chi connectivity index (χ0) is 18.3. The van der Waals surface area contributed by atoms with Gasteiger partial charge in [-0.05, 0) is 44.7 Å². The van der Waals surface area contributed by atoms with Crippen LogP contribution >= 0.6 is 0 Å². The first kappa shape index (κ1) is 16.7. The number of carbonyl (C=O) groups is 2. The van der Waals surface area contributed by atoms with Crippen molar-refractivity contribution in [1.82, 2.24) is 14.9 Å². The highest BCUT2D eigenvalue weighted by atomic mass is 16.4. The van der Waals surface area contributed by atoms with E-state index in [2.05, 4.69) is 9.97 Å². The lowest BCUT2D eigenvalue weighted by Crippen LogP contribution is -2.50. The highest BCUT2D eigenvalue weighted by molar-refractivity contribution is 6.01. The van der Waals surface area contributed by atoms with Gasteiger partial charge >= 0.3 is 5.97 Å². The van der Waals surface area contributed by atoms with Crippen molar-refractivity contribution in [2.75, 3.05) is 0 Å². The highest BCUT2D eigenvalue weighted by Crippen LogP contribution is 2.41. The van der Waals surface area contributed by atoms with Gasteiger partial charge in [-0.25, -0.2) is 9.97 Å². The van der Waals surface area contributed by atoms with Crippen LogP contribution in [0.1, 0.15) is 41.6 Å². The van der Waals surface area contributed by atoms with E-state index in [0.717, 1.165) is 24.8 Å². The zero-order valence-electron chi connectivity index (χ0n) is 14.6. The van der Waals surface area contributed by atoms with Crippen molar-refractivity contribution >= 4 is 11.9 Å². The van der Waals surface area contributed by atoms with Crippen LogP contribution in [0.15, 0.2) is 36.7 Å². The average Bonchev–Trinajstić information content (AvgIpc) is 2.93. The molecule has 3 unspecified atom stereocenters. The zero-order valence-corrected chi connectivity index (χ0v) is 14.6. The van der Waals surface area contributed by atoms with E-state index in [1.807, 2.05) is 30.0 Å². The van der Waals surface area contributed by atoms with Crippen molar-refractivity contribution in [2.24, 2.45) is 5.92 Å². The van der Waals surface area contributed by atoms with Crippen molar-refractivity contribution in [3.8, 4) is 11.4 Å². The fraction of sp³-hybridized carbons (Fsp3) is 0.400. The number of fused-ring (bicyclic) bond motifs is 2. The number of piperidine rings is 1. The minimum atomic E-state index is -0.802. The third kappa shape index (κ3) is 2.75. The number of hydrogen-bond acceptors (Lipinski definition) is 4. The van der Waals surface area contributed by atoms with Crippen LogP contribution in [0.5, 0.6) is 0 Å². The summed E-state index contributed by atoms with van der Waals surface area (Å²) in [5.41, 5.74) is 2.23. The molecule has 1 aromatic heterocycles. The molecule has 26 heavy (non-hydrogen) atoms. The Hall–Kier alpha value is -2.76. The van der Waals surface area contributed by atoms with E-state index in [1.54, 1.807) is 18.5 Å². The molecule has 3 atom stereocenters. The molecule has 6 nitrogen and oxygen atoms in total. The summed E-state index contributed by atoms with van der Waals surface area (Å²) in [5, 5.41) is 9.55. The Morgan fingerprint density at radius 3 is 2.58 bits per heavy atom. The fourth-order valence-electron chi connectivity index (χ4n) is 4.37. The molecule has 1 amide bonds. The molecule has 2 aliphatic rings. The van der Waals surface area contributed by atoms with E-state index in [0.29, 0.717) is 23.4 Å². The van der Waals surface area contributed by atoms with Crippen LogP contribution in [-0.2, 0) is 4.79 Å². The number of benzene rings is 1. The number of amides is 1. The van der Waals surface area contributed by atoms with E-state index in [9.17, 15) is 14.7 Å². The summed E-state index contributed by atoms with van der Waals surface area (Å²) in [6, 6.07) is 7.32. The van der Waals surface area contributed by atoms with Crippen LogP contribution in [-0.4, -0.2) is 43.9 Å². The van der Waals surface area contributed by atoms with Gasteiger partial charge in [0.2, 0.25) is 0 Å². The van der Waals surface area contributed by atoms with E-state index in [4.69, 9.17) is 0 Å². The van der Waals surface area contributed by atoms with Crippen molar-refractivity contribution in [3.63, 3.8) is 0 Å². The molecule has 6 heteroatoms. The maximum Gasteiger partial charge on any atom is 0.308 e. The van der Waals surface area contributed by atoms with Crippen LogP contribution in [0.4, 0.5) is 0 Å². The summed E-state index contributed by atoms with van der Waals surface area (Å²) in [5.74, 6) is -0.868. The highest BCUT2D eigenvalue weighted by Gasteiger charge is 2.47. The Bertz CT molecular complexity index is 853. The number of aryl methyl sites for hydroxylation is 1. The second kappa shape index (κ2) is 6.52. The van der Waals surface area contributed by atoms with Gasteiger partial charge in [-0.2, -0.15) is 0 Å². The lowest BCUT2D eigenvalue weighted by Gasteiger charge is -2.38. The Labute approximate surface area is 151 Å². The van der Waals surface area contributed by atoms with E-state index in [1.165, 1.54) is 0 Å². The molecule has 2 fully saturated rings. The quantitative estimate of drug-likeness (QED) is 0.919. The van der Waals surface area contributed by atoms with Crippen LogP contribution in [0.2, 0.25) is 0 Å². The molecule has 0 aliphatic carbocycles. The predicted octanol–water partition coefficient (Wildman–Crippen LogP) is 2.92. The van der Waals surface area contributed by atoms with Crippen molar-refractivity contribution in [1.29, 1.82) is 0 Å². The average molecular weight is 351 g/mol. The monoisotopic (exact) mass is 351 g/mol. The molecule has 3 heterocycles. The number of aliphatic carboxylic acids is 1. The summed E-state index contributed by atoms with van der Waals surface area (Å²) in [6.07, 6.45) is 6.35. The molecule has 1 N–H and O–H groups in total. The van der Waals surface area contributed by atoms with Gasteiger partial charge in [0.1, 0.15) is 0 Å². The minimum absolute atomic E-state index is 0.102. The molecule has 134 valence electrons. The molecule has 2 aliphatic heterocycles. The molecular formula is C20H21N3O3. The van der Waals surface area contributed by atoms with Crippen LogP contribution < -0.4 is 0 Å². The first-order chi connectivity index (χ1) is 12.6. The second-order valence-corrected chi connectivity index (χ2v) is 7.15. The lowest BCUT2D eigenvalue weighted by molar-refractivity contribution is -0.145. The van der Waals surface area contributed by atoms with E-state index >= 15 is 0 Å². The Kier molecular flexibility index (Phi) is 4.18. The number of nitrogens with zero attached hydrogens (tertiary/aromatic N) is 3. The lowest BCUT2D eigenvalue weighted by atomic mass is 9.89.